The molecule has 152 valence electrons. The maximum Gasteiger partial charge on any atom is 0.238 e. The van der Waals surface area contributed by atoms with Crippen LogP contribution in [-0.4, -0.2) is 42.4 Å². The molecule has 2 aliphatic rings. The summed E-state index contributed by atoms with van der Waals surface area (Å²) < 4.78 is 0. The van der Waals surface area contributed by atoms with Gasteiger partial charge in [-0.25, -0.2) is 0 Å². The fraction of sp³-hybridized carbons (Fsp3) is 0.417. The van der Waals surface area contributed by atoms with E-state index in [-0.39, 0.29) is 17.9 Å². The van der Waals surface area contributed by atoms with E-state index in [0.29, 0.717) is 18.9 Å². The molecule has 0 aliphatic carbocycles. The summed E-state index contributed by atoms with van der Waals surface area (Å²) in [5, 5.41) is 2.99. The summed E-state index contributed by atoms with van der Waals surface area (Å²) in [6.07, 6.45) is 3.70. The first-order valence-corrected chi connectivity index (χ1v) is 10.6. The zero-order valence-corrected chi connectivity index (χ0v) is 17.0. The van der Waals surface area contributed by atoms with E-state index in [1.54, 1.807) is 0 Å². The van der Waals surface area contributed by atoms with Gasteiger partial charge in [0.2, 0.25) is 11.8 Å². The first-order chi connectivity index (χ1) is 14.1. The Morgan fingerprint density at radius 2 is 1.69 bits per heavy atom. The van der Waals surface area contributed by atoms with Crippen molar-refractivity contribution in [3.63, 3.8) is 0 Å². The third-order valence-corrected chi connectivity index (χ3v) is 6.14. The van der Waals surface area contributed by atoms with E-state index in [1.165, 1.54) is 5.56 Å². The van der Waals surface area contributed by atoms with Gasteiger partial charge in [0.25, 0.3) is 0 Å². The van der Waals surface area contributed by atoms with Crippen LogP contribution in [0.15, 0.2) is 54.6 Å². The minimum atomic E-state index is 0.0153. The molecule has 5 nitrogen and oxygen atoms in total. The summed E-state index contributed by atoms with van der Waals surface area (Å²) >= 11 is 0. The summed E-state index contributed by atoms with van der Waals surface area (Å²) in [5.74, 6) is 0.786. The molecule has 29 heavy (non-hydrogen) atoms. The second-order valence-electron chi connectivity index (χ2n) is 8.21. The first kappa shape index (κ1) is 19.6. The highest BCUT2D eigenvalue weighted by molar-refractivity contribution is 5.97. The van der Waals surface area contributed by atoms with Crippen molar-refractivity contribution in [2.24, 2.45) is 0 Å². The molecule has 2 aromatic carbocycles. The van der Waals surface area contributed by atoms with Crippen LogP contribution in [0.25, 0.3) is 0 Å². The van der Waals surface area contributed by atoms with Gasteiger partial charge in [0, 0.05) is 23.8 Å². The Morgan fingerprint density at radius 3 is 2.31 bits per heavy atom. The van der Waals surface area contributed by atoms with Gasteiger partial charge in [-0.05, 0) is 75.0 Å². The van der Waals surface area contributed by atoms with Crippen LogP contribution in [0.3, 0.4) is 0 Å². The molecule has 0 radical (unpaired) electrons. The van der Waals surface area contributed by atoms with Gasteiger partial charge >= 0.3 is 0 Å². The van der Waals surface area contributed by atoms with Gasteiger partial charge in [-0.15, -0.1) is 0 Å². The SMILES string of the molecule is CC1CCC(=O)N1c1ccc(NC(=O)CN2CCC(c3ccccc3)CC2)cc1. The number of hydrogen-bond donors (Lipinski definition) is 1. The van der Waals surface area contributed by atoms with Crippen molar-refractivity contribution in [3.8, 4) is 0 Å². The molecular formula is C24H29N3O2. The number of likely N-dealkylation sites (tertiary alicyclic amines) is 1. The van der Waals surface area contributed by atoms with Crippen molar-refractivity contribution in [3.05, 3.63) is 60.2 Å². The summed E-state index contributed by atoms with van der Waals surface area (Å²) in [7, 11) is 0. The number of carbonyl (C=O) groups excluding carboxylic acids is 2. The lowest BCUT2D eigenvalue weighted by Gasteiger charge is -2.31. The molecule has 0 spiro atoms. The minimum absolute atomic E-state index is 0.0153. The molecule has 0 saturated carbocycles. The average molecular weight is 392 g/mol. The van der Waals surface area contributed by atoms with Crippen molar-refractivity contribution < 1.29 is 9.59 Å². The predicted octanol–water partition coefficient (Wildman–Crippen LogP) is 4.02. The summed E-state index contributed by atoms with van der Waals surface area (Å²) in [6.45, 7) is 4.38. The molecule has 2 amide bonds. The fourth-order valence-corrected chi connectivity index (χ4v) is 4.48. The van der Waals surface area contributed by atoms with Gasteiger partial charge in [0.1, 0.15) is 0 Å². The van der Waals surface area contributed by atoms with Crippen LogP contribution in [0.1, 0.15) is 44.1 Å². The third kappa shape index (κ3) is 4.67. The normalized spacial score (nSPS) is 20.8. The Hall–Kier alpha value is -2.66. The van der Waals surface area contributed by atoms with Crippen LogP contribution < -0.4 is 10.2 Å². The Balaban J connectivity index is 1.26. The predicted molar refractivity (Wildman–Crippen MR) is 116 cm³/mol. The van der Waals surface area contributed by atoms with Crippen LogP contribution in [-0.2, 0) is 9.59 Å². The quantitative estimate of drug-likeness (QED) is 0.838. The van der Waals surface area contributed by atoms with E-state index >= 15 is 0 Å². The molecule has 2 fully saturated rings. The van der Waals surface area contributed by atoms with E-state index in [0.717, 1.165) is 43.7 Å². The third-order valence-electron chi connectivity index (χ3n) is 6.14. The number of rotatable bonds is 5. The molecule has 1 atom stereocenters. The highest BCUT2D eigenvalue weighted by Gasteiger charge is 2.28. The minimum Gasteiger partial charge on any atom is -0.325 e. The molecule has 1 unspecified atom stereocenters. The van der Waals surface area contributed by atoms with Gasteiger partial charge in [0.15, 0.2) is 0 Å². The molecule has 5 heteroatoms. The van der Waals surface area contributed by atoms with Crippen molar-refractivity contribution in [1.29, 1.82) is 0 Å². The van der Waals surface area contributed by atoms with E-state index < -0.39 is 0 Å². The molecule has 0 bridgehead atoms. The molecule has 2 saturated heterocycles. The van der Waals surface area contributed by atoms with Gasteiger partial charge in [-0.2, -0.15) is 0 Å². The van der Waals surface area contributed by atoms with Gasteiger partial charge in [0.05, 0.1) is 6.54 Å². The standard InChI is InChI=1S/C24H29N3O2/c1-18-7-12-24(29)27(18)22-10-8-21(9-11-22)25-23(28)17-26-15-13-20(14-16-26)19-5-3-2-4-6-19/h2-6,8-11,18,20H,7,12-17H2,1H3,(H,25,28). The topological polar surface area (TPSA) is 52.7 Å². The van der Waals surface area contributed by atoms with Crippen LogP contribution >= 0.6 is 0 Å². The number of carbonyl (C=O) groups is 2. The number of benzene rings is 2. The van der Waals surface area contributed by atoms with E-state index in [4.69, 9.17) is 0 Å². The van der Waals surface area contributed by atoms with Crippen molar-refractivity contribution in [2.75, 3.05) is 29.9 Å². The fourth-order valence-electron chi connectivity index (χ4n) is 4.48. The number of piperidine rings is 1. The lowest BCUT2D eigenvalue weighted by molar-refractivity contribution is -0.118. The van der Waals surface area contributed by atoms with Gasteiger partial charge < -0.3 is 10.2 Å². The van der Waals surface area contributed by atoms with E-state index in [2.05, 4.69) is 47.5 Å². The summed E-state index contributed by atoms with van der Waals surface area (Å²) in [6, 6.07) is 18.5. The number of anilines is 2. The lowest BCUT2D eigenvalue weighted by atomic mass is 9.89. The Bertz CT molecular complexity index is 842. The molecule has 1 N–H and O–H groups in total. The van der Waals surface area contributed by atoms with Gasteiger partial charge in [-0.1, -0.05) is 30.3 Å². The summed E-state index contributed by atoms with van der Waals surface area (Å²) in [5.41, 5.74) is 3.08. The average Bonchev–Trinajstić information content (AvgIpc) is 3.08. The number of nitrogens with zero attached hydrogens (tertiary/aromatic N) is 2. The van der Waals surface area contributed by atoms with Crippen molar-refractivity contribution in [2.45, 2.75) is 44.6 Å². The van der Waals surface area contributed by atoms with Gasteiger partial charge in [-0.3, -0.25) is 14.5 Å². The van der Waals surface area contributed by atoms with E-state index in [9.17, 15) is 9.59 Å². The monoisotopic (exact) mass is 391 g/mol. The smallest absolute Gasteiger partial charge is 0.238 e. The number of hydrogen-bond acceptors (Lipinski definition) is 3. The largest absolute Gasteiger partial charge is 0.325 e. The van der Waals surface area contributed by atoms with Crippen molar-refractivity contribution >= 4 is 23.2 Å². The maximum atomic E-state index is 12.5. The molecule has 0 aromatic heterocycles. The summed E-state index contributed by atoms with van der Waals surface area (Å²) in [4.78, 5) is 28.6. The second-order valence-corrected chi connectivity index (χ2v) is 8.21. The van der Waals surface area contributed by atoms with E-state index in [1.807, 2.05) is 29.2 Å². The highest BCUT2D eigenvalue weighted by Crippen LogP contribution is 2.28. The van der Waals surface area contributed by atoms with Crippen LogP contribution in [0.5, 0.6) is 0 Å². The first-order valence-electron chi connectivity index (χ1n) is 10.6. The molecular weight excluding hydrogens is 362 g/mol. The molecule has 2 aliphatic heterocycles. The lowest BCUT2D eigenvalue weighted by Crippen LogP contribution is -2.38. The number of nitrogens with one attached hydrogen (secondary N) is 1. The molecule has 2 heterocycles. The Morgan fingerprint density at radius 1 is 1.00 bits per heavy atom. The zero-order valence-electron chi connectivity index (χ0n) is 17.0. The van der Waals surface area contributed by atoms with Crippen LogP contribution in [0.2, 0.25) is 0 Å². The Labute approximate surface area is 172 Å². The molecule has 4 rings (SSSR count). The number of amides is 2. The Kier molecular flexibility index (Phi) is 5.95. The highest BCUT2D eigenvalue weighted by atomic mass is 16.2. The molecule has 2 aromatic rings. The van der Waals surface area contributed by atoms with Crippen LogP contribution in [0.4, 0.5) is 11.4 Å². The maximum absolute atomic E-state index is 12.5. The zero-order chi connectivity index (χ0) is 20.2. The van der Waals surface area contributed by atoms with Crippen molar-refractivity contribution in [1.82, 2.24) is 4.90 Å². The second kappa shape index (κ2) is 8.78. The van der Waals surface area contributed by atoms with Crippen LogP contribution in [0, 0.1) is 0 Å².